The van der Waals surface area contributed by atoms with Crippen LogP contribution in [0.25, 0.3) is 0 Å². The van der Waals surface area contributed by atoms with E-state index in [0.29, 0.717) is 0 Å². The Balaban J connectivity index is 1.89. The van der Waals surface area contributed by atoms with Gasteiger partial charge in [0.05, 0.1) is 12.1 Å². The average molecular weight is 234 g/mol. The third-order valence-corrected chi connectivity index (χ3v) is 3.71. The Labute approximate surface area is 104 Å². The van der Waals surface area contributed by atoms with Crippen molar-refractivity contribution in [1.82, 2.24) is 10.2 Å². The molecule has 0 aromatic carbocycles. The van der Waals surface area contributed by atoms with Gasteiger partial charge in [-0.3, -0.25) is 9.69 Å². The van der Waals surface area contributed by atoms with Gasteiger partial charge in [0.25, 0.3) is 0 Å². The Morgan fingerprint density at radius 1 is 1.53 bits per heavy atom. The fourth-order valence-electron chi connectivity index (χ4n) is 2.59. The van der Waals surface area contributed by atoms with Crippen molar-refractivity contribution in [2.24, 2.45) is 0 Å². The molecule has 2 aliphatic rings. The topological polar surface area (TPSA) is 32.3 Å². The lowest BCUT2D eigenvalue weighted by atomic mass is 10.0. The Morgan fingerprint density at radius 2 is 2.35 bits per heavy atom. The number of carbonyl (C=O) groups excluding carboxylic acids is 1. The van der Waals surface area contributed by atoms with Crippen LogP contribution in [0.4, 0.5) is 0 Å². The number of amides is 1. The van der Waals surface area contributed by atoms with Gasteiger partial charge in [-0.2, -0.15) is 0 Å². The first-order valence-electron chi connectivity index (χ1n) is 6.55. The van der Waals surface area contributed by atoms with Crippen molar-refractivity contribution < 1.29 is 4.79 Å². The molecule has 0 aromatic rings. The van der Waals surface area contributed by atoms with Gasteiger partial charge < -0.3 is 5.32 Å². The monoisotopic (exact) mass is 234 g/mol. The van der Waals surface area contributed by atoms with E-state index in [-0.39, 0.29) is 18.0 Å². The van der Waals surface area contributed by atoms with Crippen molar-refractivity contribution in [2.75, 3.05) is 13.6 Å². The third-order valence-electron chi connectivity index (χ3n) is 3.71. The van der Waals surface area contributed by atoms with Gasteiger partial charge in [0.1, 0.15) is 0 Å². The molecule has 3 heteroatoms. The van der Waals surface area contributed by atoms with E-state index in [9.17, 15) is 4.79 Å². The number of nitrogens with one attached hydrogen (secondary N) is 1. The fraction of sp³-hybridized carbons (Fsp3) is 0.643. The number of allylic oxidation sites excluding steroid dienone is 2. The summed E-state index contributed by atoms with van der Waals surface area (Å²) >= 11 is 0. The van der Waals surface area contributed by atoms with Crippen LogP contribution in [0.2, 0.25) is 0 Å². The van der Waals surface area contributed by atoms with E-state index in [2.05, 4.69) is 35.4 Å². The van der Waals surface area contributed by atoms with Crippen molar-refractivity contribution in [3.05, 3.63) is 23.8 Å². The molecular weight excluding hydrogens is 212 g/mol. The summed E-state index contributed by atoms with van der Waals surface area (Å²) in [6.45, 7) is 3.10. The lowest BCUT2D eigenvalue weighted by Crippen LogP contribution is -2.45. The van der Waals surface area contributed by atoms with Gasteiger partial charge in [0, 0.05) is 0 Å². The highest BCUT2D eigenvalue weighted by Crippen LogP contribution is 2.17. The van der Waals surface area contributed by atoms with Crippen molar-refractivity contribution in [3.63, 3.8) is 0 Å². The molecule has 1 aliphatic carbocycles. The van der Waals surface area contributed by atoms with Gasteiger partial charge >= 0.3 is 0 Å². The van der Waals surface area contributed by atoms with Crippen molar-refractivity contribution >= 4 is 5.91 Å². The summed E-state index contributed by atoms with van der Waals surface area (Å²) in [5.74, 6) is 0.178. The predicted molar refractivity (Wildman–Crippen MR) is 69.7 cm³/mol. The van der Waals surface area contributed by atoms with E-state index in [0.717, 1.165) is 32.2 Å². The minimum Gasteiger partial charge on any atom is -0.348 e. The summed E-state index contributed by atoms with van der Waals surface area (Å²) in [7, 11) is 2.03. The Hall–Kier alpha value is -1.09. The summed E-state index contributed by atoms with van der Waals surface area (Å²) in [4.78, 5) is 14.3. The molecule has 3 nitrogen and oxygen atoms in total. The summed E-state index contributed by atoms with van der Waals surface area (Å²) in [6.07, 6.45) is 10.9. The number of rotatable bonds is 3. The maximum atomic E-state index is 12.1. The molecule has 17 heavy (non-hydrogen) atoms. The van der Waals surface area contributed by atoms with Crippen LogP contribution >= 0.6 is 0 Å². The molecule has 0 radical (unpaired) electrons. The van der Waals surface area contributed by atoms with Crippen LogP contribution in [0.3, 0.4) is 0 Å². The summed E-state index contributed by atoms with van der Waals surface area (Å²) in [5, 5.41) is 3.12. The number of likely N-dealkylation sites (tertiary alicyclic amines) is 1. The number of nitrogens with zero attached hydrogens (tertiary/aromatic N) is 1. The first kappa shape index (κ1) is 12.4. The predicted octanol–water partition coefficient (Wildman–Crippen LogP) is 1.86. The molecule has 1 saturated heterocycles. The van der Waals surface area contributed by atoms with E-state index in [4.69, 9.17) is 0 Å². The first-order valence-corrected chi connectivity index (χ1v) is 6.55. The smallest absolute Gasteiger partial charge is 0.237 e. The zero-order valence-electron chi connectivity index (χ0n) is 10.8. The highest BCUT2D eigenvalue weighted by Gasteiger charge is 2.28. The molecule has 1 amide bonds. The second-order valence-corrected chi connectivity index (χ2v) is 5.05. The lowest BCUT2D eigenvalue weighted by molar-refractivity contribution is -0.125. The SMILES string of the molecule is CC(NC(=O)C1CCCN1C)C1=CCCC=C1. The molecule has 0 bridgehead atoms. The van der Waals surface area contributed by atoms with Crippen molar-refractivity contribution in [3.8, 4) is 0 Å². The van der Waals surface area contributed by atoms with E-state index < -0.39 is 0 Å². The van der Waals surface area contributed by atoms with E-state index in [1.165, 1.54) is 5.57 Å². The lowest BCUT2D eigenvalue weighted by Gasteiger charge is -2.23. The summed E-state index contributed by atoms with van der Waals surface area (Å²) in [5.41, 5.74) is 1.24. The maximum Gasteiger partial charge on any atom is 0.237 e. The van der Waals surface area contributed by atoms with Crippen molar-refractivity contribution in [2.45, 2.75) is 44.7 Å². The van der Waals surface area contributed by atoms with Gasteiger partial charge in [-0.15, -0.1) is 0 Å². The fourth-order valence-corrected chi connectivity index (χ4v) is 2.59. The minimum absolute atomic E-state index is 0.0746. The van der Waals surface area contributed by atoms with Crippen LogP contribution in [0.15, 0.2) is 23.8 Å². The highest BCUT2D eigenvalue weighted by atomic mass is 16.2. The Kier molecular flexibility index (Phi) is 4.00. The molecule has 1 aliphatic heterocycles. The van der Waals surface area contributed by atoms with Crippen LogP contribution in [0.1, 0.15) is 32.6 Å². The van der Waals surface area contributed by atoms with Gasteiger partial charge in [0.15, 0.2) is 0 Å². The second kappa shape index (κ2) is 5.50. The van der Waals surface area contributed by atoms with Gasteiger partial charge in [-0.05, 0) is 51.8 Å². The molecule has 2 rings (SSSR count). The zero-order valence-corrected chi connectivity index (χ0v) is 10.8. The van der Waals surface area contributed by atoms with Crippen molar-refractivity contribution in [1.29, 1.82) is 0 Å². The summed E-state index contributed by atoms with van der Waals surface area (Å²) < 4.78 is 0. The summed E-state index contributed by atoms with van der Waals surface area (Å²) in [6, 6.07) is 0.207. The normalized spacial score (nSPS) is 26.7. The first-order chi connectivity index (χ1) is 8.18. The van der Waals surface area contributed by atoms with Crippen LogP contribution in [0, 0.1) is 0 Å². The van der Waals surface area contributed by atoms with Crippen LogP contribution < -0.4 is 5.32 Å². The van der Waals surface area contributed by atoms with Gasteiger partial charge in [-0.25, -0.2) is 0 Å². The largest absolute Gasteiger partial charge is 0.348 e. The number of hydrogen-bond acceptors (Lipinski definition) is 2. The van der Waals surface area contributed by atoms with Crippen LogP contribution in [-0.2, 0) is 4.79 Å². The molecule has 0 spiro atoms. The van der Waals surface area contributed by atoms with Gasteiger partial charge in [-0.1, -0.05) is 18.2 Å². The zero-order chi connectivity index (χ0) is 12.3. The molecule has 0 saturated carbocycles. The molecule has 1 heterocycles. The molecule has 2 atom stereocenters. The molecule has 1 N–H and O–H groups in total. The standard InChI is InChI=1S/C14H22N2O/c1-11(12-7-4-3-5-8-12)15-14(17)13-9-6-10-16(13)2/h4,7-8,11,13H,3,5-6,9-10H2,1-2H3,(H,15,17). The van der Waals surface area contributed by atoms with Crippen LogP contribution in [0.5, 0.6) is 0 Å². The minimum atomic E-state index is 0.0746. The maximum absolute atomic E-state index is 12.1. The van der Waals surface area contributed by atoms with E-state index >= 15 is 0 Å². The number of carbonyl (C=O) groups is 1. The van der Waals surface area contributed by atoms with Crippen LogP contribution in [-0.4, -0.2) is 36.5 Å². The second-order valence-electron chi connectivity index (χ2n) is 5.05. The molecule has 94 valence electrons. The number of likely N-dealkylation sites (N-methyl/N-ethyl adjacent to an activating group) is 1. The third kappa shape index (κ3) is 2.97. The molecular formula is C14H22N2O. The van der Waals surface area contributed by atoms with E-state index in [1.807, 2.05) is 7.05 Å². The highest BCUT2D eigenvalue weighted by molar-refractivity contribution is 5.82. The van der Waals surface area contributed by atoms with Gasteiger partial charge in [0.2, 0.25) is 5.91 Å². The quantitative estimate of drug-likeness (QED) is 0.808. The molecule has 1 fully saturated rings. The molecule has 0 aromatic heterocycles. The number of hydrogen-bond donors (Lipinski definition) is 1. The Morgan fingerprint density at radius 3 is 2.94 bits per heavy atom. The molecule has 2 unspecified atom stereocenters. The van der Waals surface area contributed by atoms with E-state index in [1.54, 1.807) is 0 Å². The average Bonchev–Trinajstić information content (AvgIpc) is 2.76. The Bertz CT molecular complexity index is 346.